The van der Waals surface area contributed by atoms with Crippen molar-refractivity contribution in [1.82, 2.24) is 10.6 Å². The van der Waals surface area contributed by atoms with Gasteiger partial charge in [0.15, 0.2) is 0 Å². The zero-order valence-electron chi connectivity index (χ0n) is 10.2. The molecule has 1 atom stereocenters. The molecule has 0 saturated heterocycles. The summed E-state index contributed by atoms with van der Waals surface area (Å²) in [7, 11) is 0. The molecule has 2 N–H and O–H groups in total. The minimum atomic E-state index is -0.277. The summed E-state index contributed by atoms with van der Waals surface area (Å²) in [4.78, 5) is 11.7. The molecule has 1 aliphatic rings. The zero-order chi connectivity index (χ0) is 13.1. The Morgan fingerprint density at radius 1 is 1.56 bits per heavy atom. The topological polar surface area (TPSA) is 41.1 Å². The predicted octanol–water partition coefficient (Wildman–Crippen LogP) is 2.34. The number of carbonyl (C=O) groups is 1. The standard InChI is InChI=1S/C13H16BrFN2O/c1-8(13(18)17-11-3-4-11)16-7-9-6-10(15)2-5-12(9)14/h2,5-6,8,11,16H,3-4,7H2,1H3,(H,17,18). The van der Waals surface area contributed by atoms with Gasteiger partial charge >= 0.3 is 0 Å². The van der Waals surface area contributed by atoms with Gasteiger partial charge in [-0.1, -0.05) is 15.9 Å². The summed E-state index contributed by atoms with van der Waals surface area (Å²) in [5.41, 5.74) is 0.807. The number of halogens is 2. The average molecular weight is 315 g/mol. The Bertz CT molecular complexity index is 449. The highest BCUT2D eigenvalue weighted by molar-refractivity contribution is 9.10. The van der Waals surface area contributed by atoms with E-state index in [-0.39, 0.29) is 17.8 Å². The Morgan fingerprint density at radius 3 is 2.94 bits per heavy atom. The van der Waals surface area contributed by atoms with Crippen molar-refractivity contribution in [2.75, 3.05) is 0 Å². The summed E-state index contributed by atoms with van der Waals surface area (Å²) >= 11 is 3.36. The molecular formula is C13H16BrFN2O. The molecule has 3 nitrogen and oxygen atoms in total. The van der Waals surface area contributed by atoms with Crippen molar-refractivity contribution in [2.24, 2.45) is 0 Å². The van der Waals surface area contributed by atoms with E-state index >= 15 is 0 Å². The van der Waals surface area contributed by atoms with Gasteiger partial charge in [0.25, 0.3) is 0 Å². The monoisotopic (exact) mass is 314 g/mol. The highest BCUT2D eigenvalue weighted by Crippen LogP contribution is 2.19. The molecule has 0 aliphatic heterocycles. The SMILES string of the molecule is CC(NCc1cc(F)ccc1Br)C(=O)NC1CC1. The molecule has 0 aromatic heterocycles. The van der Waals surface area contributed by atoms with Crippen LogP contribution in [0, 0.1) is 5.82 Å². The molecule has 18 heavy (non-hydrogen) atoms. The molecule has 0 heterocycles. The molecule has 1 unspecified atom stereocenters. The Balaban J connectivity index is 1.85. The van der Waals surface area contributed by atoms with Crippen LogP contribution in [-0.4, -0.2) is 18.0 Å². The van der Waals surface area contributed by atoms with Crippen LogP contribution in [0.2, 0.25) is 0 Å². The van der Waals surface area contributed by atoms with Gasteiger partial charge in [0.05, 0.1) is 6.04 Å². The molecule has 0 bridgehead atoms. The largest absolute Gasteiger partial charge is 0.352 e. The van der Waals surface area contributed by atoms with Crippen LogP contribution in [0.5, 0.6) is 0 Å². The van der Waals surface area contributed by atoms with Crippen molar-refractivity contribution >= 4 is 21.8 Å². The van der Waals surface area contributed by atoms with E-state index in [4.69, 9.17) is 0 Å². The van der Waals surface area contributed by atoms with Crippen LogP contribution in [0.4, 0.5) is 4.39 Å². The highest BCUT2D eigenvalue weighted by Gasteiger charge is 2.25. The first kappa shape index (κ1) is 13.5. The number of carbonyl (C=O) groups excluding carboxylic acids is 1. The van der Waals surface area contributed by atoms with E-state index < -0.39 is 0 Å². The van der Waals surface area contributed by atoms with E-state index in [1.54, 1.807) is 6.07 Å². The second-order valence-electron chi connectivity index (χ2n) is 4.62. The molecule has 1 saturated carbocycles. The first-order chi connectivity index (χ1) is 8.56. The minimum absolute atomic E-state index is 0.00465. The van der Waals surface area contributed by atoms with Crippen molar-refractivity contribution in [3.05, 3.63) is 34.1 Å². The number of amides is 1. The maximum absolute atomic E-state index is 13.1. The number of rotatable bonds is 5. The normalized spacial score (nSPS) is 16.4. The lowest BCUT2D eigenvalue weighted by Gasteiger charge is -2.14. The van der Waals surface area contributed by atoms with E-state index in [0.717, 1.165) is 22.9 Å². The molecule has 0 radical (unpaired) electrons. The molecule has 1 fully saturated rings. The second-order valence-corrected chi connectivity index (χ2v) is 5.48. The van der Waals surface area contributed by atoms with Crippen molar-refractivity contribution in [1.29, 1.82) is 0 Å². The Hall–Kier alpha value is -0.940. The maximum Gasteiger partial charge on any atom is 0.237 e. The fourth-order valence-electron chi connectivity index (χ4n) is 1.59. The lowest BCUT2D eigenvalue weighted by molar-refractivity contribution is -0.122. The summed E-state index contributed by atoms with van der Waals surface area (Å²) < 4.78 is 13.9. The first-order valence-electron chi connectivity index (χ1n) is 6.04. The second kappa shape index (κ2) is 5.80. The zero-order valence-corrected chi connectivity index (χ0v) is 11.8. The van der Waals surface area contributed by atoms with Crippen molar-refractivity contribution in [3.8, 4) is 0 Å². The summed E-state index contributed by atoms with van der Waals surface area (Å²) in [6.07, 6.45) is 2.15. The van der Waals surface area contributed by atoms with Gasteiger partial charge in [-0.05, 0) is 43.5 Å². The Morgan fingerprint density at radius 2 is 2.28 bits per heavy atom. The quantitative estimate of drug-likeness (QED) is 0.876. The fourth-order valence-corrected chi connectivity index (χ4v) is 1.98. The first-order valence-corrected chi connectivity index (χ1v) is 6.83. The van der Waals surface area contributed by atoms with E-state index in [1.807, 2.05) is 6.92 Å². The summed E-state index contributed by atoms with van der Waals surface area (Å²) in [6, 6.07) is 4.61. The molecule has 98 valence electrons. The van der Waals surface area contributed by atoms with Crippen LogP contribution >= 0.6 is 15.9 Å². The predicted molar refractivity (Wildman–Crippen MR) is 71.6 cm³/mol. The lowest BCUT2D eigenvalue weighted by Crippen LogP contribution is -2.42. The number of hydrogen-bond acceptors (Lipinski definition) is 2. The van der Waals surface area contributed by atoms with Gasteiger partial charge in [-0.3, -0.25) is 4.79 Å². The highest BCUT2D eigenvalue weighted by atomic mass is 79.9. The number of nitrogens with one attached hydrogen (secondary N) is 2. The maximum atomic E-state index is 13.1. The van der Waals surface area contributed by atoms with Gasteiger partial charge in [0, 0.05) is 17.1 Å². The van der Waals surface area contributed by atoms with Crippen molar-refractivity contribution < 1.29 is 9.18 Å². The van der Waals surface area contributed by atoms with Crippen LogP contribution in [0.15, 0.2) is 22.7 Å². The molecule has 5 heteroatoms. The molecule has 1 aromatic carbocycles. The molecule has 2 rings (SSSR count). The minimum Gasteiger partial charge on any atom is -0.352 e. The third kappa shape index (κ3) is 3.78. The average Bonchev–Trinajstić information content (AvgIpc) is 3.13. The van der Waals surface area contributed by atoms with E-state index in [2.05, 4.69) is 26.6 Å². The fraction of sp³-hybridized carbons (Fsp3) is 0.462. The van der Waals surface area contributed by atoms with E-state index in [0.29, 0.717) is 12.6 Å². The molecule has 1 amide bonds. The van der Waals surface area contributed by atoms with Gasteiger partial charge in [0.2, 0.25) is 5.91 Å². The van der Waals surface area contributed by atoms with E-state index in [1.165, 1.54) is 12.1 Å². The van der Waals surface area contributed by atoms with Crippen LogP contribution in [0.1, 0.15) is 25.3 Å². The van der Waals surface area contributed by atoms with Gasteiger partial charge in [0.1, 0.15) is 5.82 Å². The summed E-state index contributed by atoms with van der Waals surface area (Å²) in [5.74, 6) is -0.268. The van der Waals surface area contributed by atoms with Gasteiger partial charge in [-0.25, -0.2) is 4.39 Å². The molecule has 1 aliphatic carbocycles. The molecular weight excluding hydrogens is 299 g/mol. The molecule has 0 spiro atoms. The molecule has 1 aromatic rings. The smallest absolute Gasteiger partial charge is 0.237 e. The van der Waals surface area contributed by atoms with Crippen LogP contribution in [-0.2, 0) is 11.3 Å². The lowest BCUT2D eigenvalue weighted by atomic mass is 10.2. The van der Waals surface area contributed by atoms with Crippen LogP contribution in [0.25, 0.3) is 0 Å². The van der Waals surface area contributed by atoms with E-state index in [9.17, 15) is 9.18 Å². The van der Waals surface area contributed by atoms with Gasteiger partial charge in [-0.2, -0.15) is 0 Å². The Labute approximate surface area is 114 Å². The number of benzene rings is 1. The Kier molecular flexibility index (Phi) is 4.35. The van der Waals surface area contributed by atoms with Gasteiger partial charge in [-0.15, -0.1) is 0 Å². The summed E-state index contributed by atoms with van der Waals surface area (Å²) in [6.45, 7) is 2.27. The van der Waals surface area contributed by atoms with Crippen molar-refractivity contribution in [3.63, 3.8) is 0 Å². The third-order valence-electron chi connectivity index (χ3n) is 2.92. The van der Waals surface area contributed by atoms with Crippen LogP contribution in [0.3, 0.4) is 0 Å². The van der Waals surface area contributed by atoms with Gasteiger partial charge < -0.3 is 10.6 Å². The third-order valence-corrected chi connectivity index (χ3v) is 3.70. The van der Waals surface area contributed by atoms with Crippen molar-refractivity contribution in [2.45, 2.75) is 38.4 Å². The number of hydrogen-bond donors (Lipinski definition) is 2. The summed E-state index contributed by atoms with van der Waals surface area (Å²) in [5, 5.41) is 6.02. The van der Waals surface area contributed by atoms with Crippen LogP contribution < -0.4 is 10.6 Å².